The highest BCUT2D eigenvalue weighted by atomic mass is 32.1. The van der Waals surface area contributed by atoms with E-state index in [-0.39, 0.29) is 17.9 Å². The van der Waals surface area contributed by atoms with Gasteiger partial charge in [-0.05, 0) is 54.9 Å². The smallest absolute Gasteiger partial charge is 0.276 e. The van der Waals surface area contributed by atoms with E-state index >= 15 is 0 Å². The first-order valence-corrected chi connectivity index (χ1v) is 9.96. The van der Waals surface area contributed by atoms with E-state index < -0.39 is 0 Å². The average Bonchev–Trinajstić information content (AvgIpc) is 3.37. The van der Waals surface area contributed by atoms with Gasteiger partial charge >= 0.3 is 0 Å². The molecule has 7 heteroatoms. The Morgan fingerprint density at radius 2 is 1.93 bits per heavy atom. The van der Waals surface area contributed by atoms with Crippen molar-refractivity contribution in [2.24, 2.45) is 0 Å². The molecule has 0 saturated carbocycles. The quantitative estimate of drug-likeness (QED) is 0.495. The molecular formula is C22H19N3O3S. The maximum Gasteiger partial charge on any atom is 0.276 e. The van der Waals surface area contributed by atoms with Gasteiger partial charge in [0.2, 0.25) is 0 Å². The summed E-state index contributed by atoms with van der Waals surface area (Å²) >= 11 is 1.29. The highest BCUT2D eigenvalue weighted by molar-refractivity contribution is 7.13. The molecule has 4 rings (SSSR count). The van der Waals surface area contributed by atoms with Crippen molar-refractivity contribution in [3.05, 3.63) is 83.9 Å². The fourth-order valence-electron chi connectivity index (χ4n) is 3.07. The molecule has 2 amide bonds. The number of carbonyl (C=O) groups is 2. The zero-order valence-corrected chi connectivity index (χ0v) is 16.5. The van der Waals surface area contributed by atoms with Crippen LogP contribution in [0.25, 0.3) is 10.1 Å². The number of rotatable bonds is 6. The molecule has 0 unspecified atom stereocenters. The third-order valence-electron chi connectivity index (χ3n) is 4.44. The van der Waals surface area contributed by atoms with Gasteiger partial charge in [0.05, 0.1) is 11.0 Å². The first kappa shape index (κ1) is 18.9. The van der Waals surface area contributed by atoms with E-state index in [1.54, 1.807) is 30.5 Å². The molecule has 2 heterocycles. The van der Waals surface area contributed by atoms with Crippen LogP contribution in [0.4, 0.5) is 5.69 Å². The zero-order chi connectivity index (χ0) is 20.2. The molecule has 2 aromatic carbocycles. The second-order valence-corrected chi connectivity index (χ2v) is 7.53. The predicted octanol–water partition coefficient (Wildman–Crippen LogP) is 4.50. The summed E-state index contributed by atoms with van der Waals surface area (Å²) in [7, 11) is 0. The summed E-state index contributed by atoms with van der Waals surface area (Å²) in [5, 5.41) is 6.59. The fourth-order valence-corrected chi connectivity index (χ4v) is 3.84. The Balaban J connectivity index is 1.44. The molecule has 29 heavy (non-hydrogen) atoms. The van der Waals surface area contributed by atoms with Gasteiger partial charge < -0.3 is 15.1 Å². The monoisotopic (exact) mass is 405 g/mol. The lowest BCUT2D eigenvalue weighted by Gasteiger charge is -2.13. The van der Waals surface area contributed by atoms with E-state index in [0.717, 1.165) is 15.8 Å². The number of nitrogens with one attached hydrogen (secondary N) is 2. The zero-order valence-electron chi connectivity index (χ0n) is 15.7. The van der Waals surface area contributed by atoms with Crippen LogP contribution < -0.4 is 10.6 Å². The topological polar surface area (TPSA) is 84.2 Å². The summed E-state index contributed by atoms with van der Waals surface area (Å²) in [4.78, 5) is 25.2. The average molecular weight is 405 g/mol. The van der Waals surface area contributed by atoms with E-state index in [1.807, 2.05) is 43.3 Å². The van der Waals surface area contributed by atoms with Crippen molar-refractivity contribution in [2.45, 2.75) is 19.4 Å². The molecule has 0 aliphatic carbocycles. The summed E-state index contributed by atoms with van der Waals surface area (Å²) in [5.74, 6) is 0.305. The van der Waals surface area contributed by atoms with Crippen molar-refractivity contribution in [1.82, 2.24) is 9.69 Å². The highest BCUT2D eigenvalue weighted by Crippen LogP contribution is 2.23. The summed E-state index contributed by atoms with van der Waals surface area (Å²) in [6.45, 7) is 1.92. The molecule has 0 saturated heterocycles. The normalized spacial score (nSPS) is 11.9. The van der Waals surface area contributed by atoms with Gasteiger partial charge in [0.15, 0.2) is 0 Å². The van der Waals surface area contributed by atoms with Crippen molar-refractivity contribution >= 4 is 39.1 Å². The molecule has 4 aromatic rings. The maximum atomic E-state index is 12.6. The van der Waals surface area contributed by atoms with Crippen LogP contribution in [-0.4, -0.2) is 22.2 Å². The van der Waals surface area contributed by atoms with Gasteiger partial charge in [-0.15, -0.1) is 0 Å². The van der Waals surface area contributed by atoms with Gasteiger partial charge in [0.1, 0.15) is 11.5 Å². The lowest BCUT2D eigenvalue weighted by Crippen LogP contribution is -2.34. The fraction of sp³-hybridized carbons (Fsp3) is 0.136. The van der Waals surface area contributed by atoms with Gasteiger partial charge in [-0.1, -0.05) is 24.3 Å². The summed E-state index contributed by atoms with van der Waals surface area (Å²) < 4.78 is 10.5. The van der Waals surface area contributed by atoms with Crippen LogP contribution in [0.15, 0.2) is 71.3 Å². The van der Waals surface area contributed by atoms with Gasteiger partial charge in [-0.2, -0.15) is 4.37 Å². The SMILES string of the molecule is C[C@H](Cc1ccco1)NC(=O)c1cccc(NC(=O)c2nsc3ccccc23)c1. The molecule has 6 nitrogen and oxygen atoms in total. The summed E-state index contributed by atoms with van der Waals surface area (Å²) in [6.07, 6.45) is 2.22. The number of anilines is 1. The van der Waals surface area contributed by atoms with Crippen LogP contribution in [0.1, 0.15) is 33.5 Å². The highest BCUT2D eigenvalue weighted by Gasteiger charge is 2.16. The lowest BCUT2D eigenvalue weighted by molar-refractivity contribution is 0.0938. The Morgan fingerprint density at radius 3 is 2.76 bits per heavy atom. The maximum absolute atomic E-state index is 12.6. The van der Waals surface area contributed by atoms with E-state index in [2.05, 4.69) is 15.0 Å². The number of hydrogen-bond donors (Lipinski definition) is 2. The largest absolute Gasteiger partial charge is 0.469 e. The Bertz CT molecular complexity index is 1150. The van der Waals surface area contributed by atoms with Crippen molar-refractivity contribution < 1.29 is 14.0 Å². The Kier molecular flexibility index (Phi) is 5.39. The first-order chi connectivity index (χ1) is 14.1. The first-order valence-electron chi connectivity index (χ1n) is 9.19. The molecule has 2 N–H and O–H groups in total. The molecule has 0 radical (unpaired) electrons. The number of furan rings is 1. The van der Waals surface area contributed by atoms with E-state index in [9.17, 15) is 9.59 Å². The van der Waals surface area contributed by atoms with Gasteiger partial charge in [-0.3, -0.25) is 9.59 Å². The van der Waals surface area contributed by atoms with Crippen molar-refractivity contribution in [3.8, 4) is 0 Å². The van der Waals surface area contributed by atoms with Crippen LogP contribution in [0, 0.1) is 0 Å². The van der Waals surface area contributed by atoms with Crippen LogP contribution in [0.2, 0.25) is 0 Å². The molecule has 146 valence electrons. The van der Waals surface area contributed by atoms with E-state index in [1.165, 1.54) is 11.5 Å². The van der Waals surface area contributed by atoms with Crippen molar-refractivity contribution in [3.63, 3.8) is 0 Å². The third-order valence-corrected chi connectivity index (χ3v) is 5.27. The summed E-state index contributed by atoms with van der Waals surface area (Å²) in [6, 6.07) is 18.0. The predicted molar refractivity (Wildman–Crippen MR) is 113 cm³/mol. The lowest BCUT2D eigenvalue weighted by atomic mass is 10.1. The standard InChI is InChI=1S/C22H19N3O3S/c1-14(12-17-8-5-11-28-17)23-21(26)15-6-4-7-16(13-15)24-22(27)20-18-9-2-3-10-19(18)29-25-20/h2-11,13-14H,12H2,1H3,(H,23,26)(H,24,27)/t14-/m1/s1. The number of hydrogen-bond acceptors (Lipinski definition) is 5. The molecule has 0 aliphatic rings. The minimum absolute atomic E-state index is 0.0896. The Morgan fingerprint density at radius 1 is 1.07 bits per heavy atom. The van der Waals surface area contributed by atoms with Crippen molar-refractivity contribution in [1.29, 1.82) is 0 Å². The molecule has 0 aliphatic heterocycles. The van der Waals surface area contributed by atoms with Gasteiger partial charge in [0, 0.05) is 29.1 Å². The summed E-state index contributed by atoms with van der Waals surface area (Å²) in [5.41, 5.74) is 1.39. The van der Waals surface area contributed by atoms with Gasteiger partial charge in [0.25, 0.3) is 11.8 Å². The van der Waals surface area contributed by atoms with Crippen LogP contribution in [-0.2, 0) is 6.42 Å². The number of aromatic nitrogens is 1. The van der Waals surface area contributed by atoms with Crippen LogP contribution in [0.5, 0.6) is 0 Å². The van der Waals surface area contributed by atoms with E-state index in [4.69, 9.17) is 4.42 Å². The minimum atomic E-state index is -0.300. The van der Waals surface area contributed by atoms with Crippen LogP contribution >= 0.6 is 11.5 Å². The molecule has 1 atom stereocenters. The number of amides is 2. The number of carbonyl (C=O) groups excluding carboxylic acids is 2. The Labute approximate surface area is 171 Å². The third kappa shape index (κ3) is 4.35. The van der Waals surface area contributed by atoms with Crippen LogP contribution in [0.3, 0.4) is 0 Å². The molecule has 0 spiro atoms. The number of benzene rings is 2. The molecule has 0 bridgehead atoms. The van der Waals surface area contributed by atoms with Crippen molar-refractivity contribution in [2.75, 3.05) is 5.32 Å². The molecule has 2 aromatic heterocycles. The molecular weight excluding hydrogens is 386 g/mol. The number of nitrogens with zero attached hydrogens (tertiary/aromatic N) is 1. The molecule has 0 fully saturated rings. The Hall–Kier alpha value is -3.45. The minimum Gasteiger partial charge on any atom is -0.469 e. The second kappa shape index (κ2) is 8.28. The van der Waals surface area contributed by atoms with E-state index in [0.29, 0.717) is 23.4 Å². The number of fused-ring (bicyclic) bond motifs is 1. The second-order valence-electron chi connectivity index (χ2n) is 6.72. The van der Waals surface area contributed by atoms with Gasteiger partial charge in [-0.25, -0.2) is 0 Å².